The predicted octanol–water partition coefficient (Wildman–Crippen LogP) is 3.20. The average Bonchev–Trinajstić information content (AvgIpc) is 2.70. The van der Waals surface area contributed by atoms with E-state index in [-0.39, 0.29) is 5.91 Å². The number of nitrogens with one attached hydrogen (secondary N) is 1. The number of hydrogen-bond acceptors (Lipinski definition) is 3. The molecule has 0 aliphatic carbocycles. The van der Waals surface area contributed by atoms with E-state index in [1.807, 2.05) is 38.1 Å². The third-order valence-corrected chi connectivity index (χ3v) is 3.50. The molecule has 0 saturated carbocycles. The number of nitrogen functional groups attached to an aromatic ring is 1. The van der Waals surface area contributed by atoms with Crippen LogP contribution in [0.3, 0.4) is 0 Å². The number of benzene rings is 1. The lowest BCUT2D eigenvalue weighted by molar-refractivity contribution is 0.103. The molecule has 1 heterocycles. The van der Waals surface area contributed by atoms with Crippen LogP contribution in [-0.2, 0) is 0 Å². The van der Waals surface area contributed by atoms with Gasteiger partial charge in [-0.2, -0.15) is 0 Å². The summed E-state index contributed by atoms with van der Waals surface area (Å²) in [6, 6.07) is 9.28. The van der Waals surface area contributed by atoms with Gasteiger partial charge in [0.15, 0.2) is 0 Å². The standard InChI is InChI=1S/C13H14N2OS/c1-8-3-5-10(7-11(8)14)15-13(16)12-6-4-9(2)17-12/h3-7H,14H2,1-2H3,(H,15,16). The number of aryl methyl sites for hydroxylation is 2. The maximum Gasteiger partial charge on any atom is 0.265 e. The zero-order chi connectivity index (χ0) is 12.4. The first kappa shape index (κ1) is 11.7. The Morgan fingerprint density at radius 2 is 2.00 bits per heavy atom. The number of carbonyl (C=O) groups excluding carboxylic acids is 1. The van der Waals surface area contributed by atoms with Crippen LogP contribution in [0, 0.1) is 13.8 Å². The van der Waals surface area contributed by atoms with Gasteiger partial charge >= 0.3 is 0 Å². The molecular weight excluding hydrogens is 232 g/mol. The van der Waals surface area contributed by atoms with Gasteiger partial charge < -0.3 is 11.1 Å². The van der Waals surface area contributed by atoms with Gasteiger partial charge in [0.25, 0.3) is 5.91 Å². The molecule has 88 valence electrons. The summed E-state index contributed by atoms with van der Waals surface area (Å²) in [6.45, 7) is 3.91. The SMILES string of the molecule is Cc1ccc(C(=O)Nc2ccc(C)c(N)c2)s1. The lowest BCUT2D eigenvalue weighted by Gasteiger charge is -2.06. The van der Waals surface area contributed by atoms with E-state index in [1.54, 1.807) is 6.07 Å². The molecule has 1 amide bonds. The van der Waals surface area contributed by atoms with Crippen molar-refractivity contribution in [3.05, 3.63) is 45.6 Å². The van der Waals surface area contributed by atoms with Crippen molar-refractivity contribution in [2.45, 2.75) is 13.8 Å². The Bertz CT molecular complexity index is 560. The van der Waals surface area contributed by atoms with Crippen molar-refractivity contribution >= 4 is 28.6 Å². The number of amides is 1. The number of hydrogen-bond donors (Lipinski definition) is 2. The minimum absolute atomic E-state index is 0.0913. The molecule has 0 aliphatic rings. The molecule has 0 fully saturated rings. The topological polar surface area (TPSA) is 55.1 Å². The van der Waals surface area contributed by atoms with E-state index in [0.717, 1.165) is 16.1 Å². The Labute approximate surface area is 104 Å². The van der Waals surface area contributed by atoms with Crippen LogP contribution in [0.4, 0.5) is 11.4 Å². The fourth-order valence-electron chi connectivity index (χ4n) is 1.47. The molecule has 1 aromatic carbocycles. The van der Waals surface area contributed by atoms with Gasteiger partial charge in [-0.25, -0.2) is 0 Å². The Balaban J connectivity index is 2.15. The van der Waals surface area contributed by atoms with Gasteiger partial charge in [0.05, 0.1) is 4.88 Å². The maximum absolute atomic E-state index is 11.9. The highest BCUT2D eigenvalue weighted by Gasteiger charge is 2.08. The van der Waals surface area contributed by atoms with Crippen molar-refractivity contribution in [2.75, 3.05) is 11.1 Å². The summed E-state index contributed by atoms with van der Waals surface area (Å²) >= 11 is 1.48. The molecule has 1 aromatic heterocycles. The van der Waals surface area contributed by atoms with Gasteiger partial charge in [0, 0.05) is 16.3 Å². The van der Waals surface area contributed by atoms with Crippen LogP contribution in [0.2, 0.25) is 0 Å². The highest BCUT2D eigenvalue weighted by molar-refractivity contribution is 7.14. The van der Waals surface area contributed by atoms with E-state index < -0.39 is 0 Å². The van der Waals surface area contributed by atoms with Crippen molar-refractivity contribution in [3.8, 4) is 0 Å². The van der Waals surface area contributed by atoms with Crippen molar-refractivity contribution < 1.29 is 4.79 Å². The fraction of sp³-hybridized carbons (Fsp3) is 0.154. The van der Waals surface area contributed by atoms with E-state index >= 15 is 0 Å². The minimum atomic E-state index is -0.0913. The lowest BCUT2D eigenvalue weighted by Crippen LogP contribution is -2.10. The second kappa shape index (κ2) is 4.59. The van der Waals surface area contributed by atoms with Crippen molar-refractivity contribution in [2.24, 2.45) is 0 Å². The molecular formula is C13H14N2OS. The summed E-state index contributed by atoms with van der Waals surface area (Å²) in [5.74, 6) is -0.0913. The molecule has 0 unspecified atom stereocenters. The van der Waals surface area contributed by atoms with Gasteiger partial charge in [-0.3, -0.25) is 4.79 Å². The van der Waals surface area contributed by atoms with Gasteiger partial charge in [-0.15, -0.1) is 11.3 Å². The predicted molar refractivity (Wildman–Crippen MR) is 72.6 cm³/mol. The number of thiophene rings is 1. The molecule has 0 saturated heterocycles. The summed E-state index contributed by atoms with van der Waals surface area (Å²) in [5, 5.41) is 2.83. The Morgan fingerprint density at radius 3 is 2.59 bits per heavy atom. The average molecular weight is 246 g/mol. The highest BCUT2D eigenvalue weighted by Crippen LogP contribution is 2.20. The van der Waals surface area contributed by atoms with Crippen LogP contribution in [0.25, 0.3) is 0 Å². The van der Waals surface area contributed by atoms with Crippen LogP contribution in [0.5, 0.6) is 0 Å². The minimum Gasteiger partial charge on any atom is -0.398 e. The molecule has 17 heavy (non-hydrogen) atoms. The molecule has 0 radical (unpaired) electrons. The van der Waals surface area contributed by atoms with E-state index in [2.05, 4.69) is 5.32 Å². The quantitative estimate of drug-likeness (QED) is 0.799. The molecule has 0 aliphatic heterocycles. The summed E-state index contributed by atoms with van der Waals surface area (Å²) in [7, 11) is 0. The van der Waals surface area contributed by atoms with E-state index in [9.17, 15) is 4.79 Å². The zero-order valence-electron chi connectivity index (χ0n) is 9.78. The molecule has 3 nitrogen and oxygen atoms in total. The molecule has 0 spiro atoms. The fourth-order valence-corrected chi connectivity index (χ4v) is 2.23. The van der Waals surface area contributed by atoms with Crippen molar-refractivity contribution in [3.63, 3.8) is 0 Å². The second-order valence-electron chi connectivity index (χ2n) is 3.94. The molecule has 2 rings (SSSR count). The largest absolute Gasteiger partial charge is 0.398 e. The number of anilines is 2. The molecule has 2 aromatic rings. The summed E-state index contributed by atoms with van der Waals surface area (Å²) in [4.78, 5) is 13.7. The Hall–Kier alpha value is -1.81. The van der Waals surface area contributed by atoms with Crippen LogP contribution >= 0.6 is 11.3 Å². The number of nitrogens with two attached hydrogens (primary N) is 1. The number of rotatable bonds is 2. The first-order valence-electron chi connectivity index (χ1n) is 5.30. The van der Waals surface area contributed by atoms with E-state index in [1.165, 1.54) is 11.3 Å². The van der Waals surface area contributed by atoms with E-state index in [4.69, 9.17) is 5.73 Å². The molecule has 0 bridgehead atoms. The Kier molecular flexibility index (Phi) is 3.15. The first-order chi connectivity index (χ1) is 8.06. The normalized spacial score (nSPS) is 10.2. The van der Waals surface area contributed by atoms with Crippen LogP contribution in [0.15, 0.2) is 30.3 Å². The summed E-state index contributed by atoms with van der Waals surface area (Å²) < 4.78 is 0. The van der Waals surface area contributed by atoms with E-state index in [0.29, 0.717) is 10.6 Å². The van der Waals surface area contributed by atoms with Crippen LogP contribution in [0.1, 0.15) is 20.1 Å². The Morgan fingerprint density at radius 1 is 1.24 bits per heavy atom. The highest BCUT2D eigenvalue weighted by atomic mass is 32.1. The van der Waals surface area contributed by atoms with Crippen molar-refractivity contribution in [1.82, 2.24) is 0 Å². The second-order valence-corrected chi connectivity index (χ2v) is 5.22. The summed E-state index contributed by atoms with van der Waals surface area (Å²) in [6.07, 6.45) is 0. The lowest BCUT2D eigenvalue weighted by atomic mass is 10.2. The first-order valence-corrected chi connectivity index (χ1v) is 6.12. The maximum atomic E-state index is 11.9. The zero-order valence-corrected chi connectivity index (χ0v) is 10.6. The molecule has 3 N–H and O–H groups in total. The van der Waals surface area contributed by atoms with Gasteiger partial charge in [0.1, 0.15) is 0 Å². The van der Waals surface area contributed by atoms with Gasteiger partial charge in [0.2, 0.25) is 0 Å². The van der Waals surface area contributed by atoms with Crippen molar-refractivity contribution in [1.29, 1.82) is 0 Å². The molecule has 0 atom stereocenters. The van der Waals surface area contributed by atoms with Crippen LogP contribution in [-0.4, -0.2) is 5.91 Å². The third-order valence-electron chi connectivity index (χ3n) is 2.50. The smallest absolute Gasteiger partial charge is 0.265 e. The van der Waals surface area contributed by atoms with Gasteiger partial charge in [-0.1, -0.05) is 6.07 Å². The monoisotopic (exact) mass is 246 g/mol. The van der Waals surface area contributed by atoms with Crippen LogP contribution < -0.4 is 11.1 Å². The van der Waals surface area contributed by atoms with Gasteiger partial charge in [-0.05, 0) is 43.7 Å². The third kappa shape index (κ3) is 2.65. The molecule has 4 heteroatoms. The summed E-state index contributed by atoms with van der Waals surface area (Å²) in [5.41, 5.74) is 8.21. The number of carbonyl (C=O) groups is 1.